The van der Waals surface area contributed by atoms with Crippen molar-refractivity contribution in [2.24, 2.45) is 5.92 Å². The fourth-order valence-electron chi connectivity index (χ4n) is 3.20. The van der Waals surface area contributed by atoms with Crippen LogP contribution in [0.15, 0.2) is 24.3 Å². The summed E-state index contributed by atoms with van der Waals surface area (Å²) < 4.78 is 10.4. The topological polar surface area (TPSA) is 64.6 Å². The van der Waals surface area contributed by atoms with E-state index in [0.29, 0.717) is 34.4 Å². The predicted molar refractivity (Wildman–Crippen MR) is 102 cm³/mol. The van der Waals surface area contributed by atoms with Crippen LogP contribution in [-0.2, 0) is 17.6 Å². The number of benzene rings is 1. The van der Waals surface area contributed by atoms with Gasteiger partial charge in [0.25, 0.3) is 5.91 Å². The summed E-state index contributed by atoms with van der Waals surface area (Å²) >= 11 is 1.49. The molecule has 1 aromatic carbocycles. The highest BCUT2D eigenvalue weighted by atomic mass is 32.1. The van der Waals surface area contributed by atoms with E-state index >= 15 is 0 Å². The molecule has 2 aromatic rings. The maximum absolute atomic E-state index is 12.7. The molecule has 0 unspecified atom stereocenters. The van der Waals surface area contributed by atoms with E-state index in [2.05, 4.69) is 12.2 Å². The zero-order valence-corrected chi connectivity index (χ0v) is 16.1. The molecule has 0 saturated heterocycles. The van der Waals surface area contributed by atoms with Gasteiger partial charge in [0.2, 0.25) is 0 Å². The second-order valence-electron chi connectivity index (χ2n) is 6.46. The van der Waals surface area contributed by atoms with Gasteiger partial charge in [-0.2, -0.15) is 0 Å². The number of ether oxygens (including phenoxy) is 2. The molecular formula is C20H23NO4S. The first-order valence-electron chi connectivity index (χ1n) is 8.80. The van der Waals surface area contributed by atoms with Gasteiger partial charge < -0.3 is 14.8 Å². The van der Waals surface area contributed by atoms with Crippen LogP contribution in [0.1, 0.15) is 51.4 Å². The summed E-state index contributed by atoms with van der Waals surface area (Å²) in [6, 6.07) is 6.94. The Balaban J connectivity index is 1.93. The maximum atomic E-state index is 12.7. The van der Waals surface area contributed by atoms with Gasteiger partial charge in [-0.15, -0.1) is 11.3 Å². The normalized spacial score (nSPS) is 15.9. The van der Waals surface area contributed by atoms with Crippen molar-refractivity contribution in [3.05, 3.63) is 45.8 Å². The van der Waals surface area contributed by atoms with Crippen LogP contribution in [-0.4, -0.2) is 25.6 Å². The van der Waals surface area contributed by atoms with Gasteiger partial charge in [-0.25, -0.2) is 4.79 Å². The molecule has 1 amide bonds. The van der Waals surface area contributed by atoms with E-state index in [0.717, 1.165) is 24.8 Å². The number of carbonyl (C=O) groups excluding carboxylic acids is 2. The number of esters is 1. The third kappa shape index (κ3) is 3.75. The van der Waals surface area contributed by atoms with E-state index in [4.69, 9.17) is 9.47 Å². The number of hydrogen-bond donors (Lipinski definition) is 1. The number of hydrogen-bond acceptors (Lipinski definition) is 5. The Kier molecular flexibility index (Phi) is 5.61. The van der Waals surface area contributed by atoms with Crippen molar-refractivity contribution < 1.29 is 19.1 Å². The van der Waals surface area contributed by atoms with Crippen LogP contribution in [0.4, 0.5) is 5.00 Å². The van der Waals surface area contributed by atoms with Crippen molar-refractivity contribution >= 4 is 28.2 Å². The number of anilines is 1. The van der Waals surface area contributed by atoms with Gasteiger partial charge in [-0.3, -0.25) is 4.79 Å². The molecule has 6 heteroatoms. The lowest BCUT2D eigenvalue weighted by Gasteiger charge is -2.18. The van der Waals surface area contributed by atoms with Gasteiger partial charge in [-0.05, 0) is 55.9 Å². The summed E-state index contributed by atoms with van der Waals surface area (Å²) in [4.78, 5) is 26.4. The molecule has 26 heavy (non-hydrogen) atoms. The Bertz CT molecular complexity index is 827. The highest BCUT2D eigenvalue weighted by Crippen LogP contribution is 2.40. The lowest BCUT2D eigenvalue weighted by atomic mass is 9.88. The van der Waals surface area contributed by atoms with Crippen molar-refractivity contribution in [3.8, 4) is 5.75 Å². The second kappa shape index (κ2) is 7.91. The van der Waals surface area contributed by atoms with E-state index < -0.39 is 0 Å². The van der Waals surface area contributed by atoms with Crippen LogP contribution in [0.2, 0.25) is 0 Å². The zero-order chi connectivity index (χ0) is 18.7. The minimum absolute atomic E-state index is 0.263. The third-order valence-electron chi connectivity index (χ3n) is 4.55. The standard InChI is InChI=1S/C20H23NO4S/c1-4-25-20(23)17-15-9-8-12(2)10-16(15)26-19(17)21-18(22)13-6-5-7-14(11-13)24-3/h5-7,11-12H,4,8-10H2,1-3H3,(H,21,22)/t12-/m1/s1. The summed E-state index contributed by atoms with van der Waals surface area (Å²) in [6.07, 6.45) is 2.82. The number of carbonyl (C=O) groups is 2. The fourth-order valence-corrected chi connectivity index (χ4v) is 4.59. The Morgan fingerprint density at radius 1 is 1.35 bits per heavy atom. The van der Waals surface area contributed by atoms with Crippen molar-refractivity contribution in [1.82, 2.24) is 0 Å². The average Bonchev–Trinajstić information content (AvgIpc) is 2.98. The summed E-state index contributed by atoms with van der Waals surface area (Å²) in [7, 11) is 1.56. The highest BCUT2D eigenvalue weighted by molar-refractivity contribution is 7.17. The number of amides is 1. The predicted octanol–water partition coefficient (Wildman–Crippen LogP) is 4.31. The second-order valence-corrected chi connectivity index (χ2v) is 7.57. The van der Waals surface area contributed by atoms with Gasteiger partial charge >= 0.3 is 5.97 Å². The molecule has 1 aliphatic rings. The lowest BCUT2D eigenvalue weighted by Crippen LogP contribution is -2.16. The molecule has 0 spiro atoms. The van der Waals surface area contributed by atoms with Crippen molar-refractivity contribution in [1.29, 1.82) is 0 Å². The van der Waals surface area contributed by atoms with Gasteiger partial charge in [-0.1, -0.05) is 13.0 Å². The largest absolute Gasteiger partial charge is 0.497 e. The molecular weight excluding hydrogens is 350 g/mol. The zero-order valence-electron chi connectivity index (χ0n) is 15.3. The van der Waals surface area contributed by atoms with Crippen LogP contribution in [0.25, 0.3) is 0 Å². The first-order valence-corrected chi connectivity index (χ1v) is 9.62. The first-order chi connectivity index (χ1) is 12.5. The Hall–Kier alpha value is -2.34. The van der Waals surface area contributed by atoms with E-state index in [9.17, 15) is 9.59 Å². The molecule has 1 aliphatic carbocycles. The van der Waals surface area contributed by atoms with Crippen molar-refractivity contribution in [2.45, 2.75) is 33.1 Å². The molecule has 0 saturated carbocycles. The number of fused-ring (bicyclic) bond motifs is 1. The molecule has 1 atom stereocenters. The van der Waals surface area contributed by atoms with E-state index in [1.807, 2.05) is 0 Å². The molecule has 1 N–H and O–H groups in total. The molecule has 0 fully saturated rings. The molecule has 1 aromatic heterocycles. The minimum Gasteiger partial charge on any atom is -0.497 e. The average molecular weight is 373 g/mol. The van der Waals surface area contributed by atoms with Crippen LogP contribution in [0.3, 0.4) is 0 Å². The van der Waals surface area contributed by atoms with Crippen molar-refractivity contribution in [2.75, 3.05) is 19.0 Å². The number of methoxy groups -OCH3 is 1. The molecule has 5 nitrogen and oxygen atoms in total. The lowest BCUT2D eigenvalue weighted by molar-refractivity contribution is 0.0526. The highest BCUT2D eigenvalue weighted by Gasteiger charge is 2.29. The molecule has 0 aliphatic heterocycles. The molecule has 3 rings (SSSR count). The minimum atomic E-state index is -0.361. The third-order valence-corrected chi connectivity index (χ3v) is 5.72. The van der Waals surface area contributed by atoms with Gasteiger partial charge in [0.05, 0.1) is 19.3 Å². The fraction of sp³-hybridized carbons (Fsp3) is 0.400. The molecule has 0 radical (unpaired) electrons. The summed E-state index contributed by atoms with van der Waals surface area (Å²) in [5.74, 6) is 0.572. The Morgan fingerprint density at radius 2 is 2.15 bits per heavy atom. The van der Waals surface area contributed by atoms with Gasteiger partial charge in [0.15, 0.2) is 0 Å². The summed E-state index contributed by atoms with van der Waals surface area (Å²) in [5.41, 5.74) is 2.04. The number of rotatable bonds is 5. The van der Waals surface area contributed by atoms with Crippen LogP contribution in [0, 0.1) is 5.92 Å². The quantitative estimate of drug-likeness (QED) is 0.793. The number of thiophene rings is 1. The van der Waals surface area contributed by atoms with Gasteiger partial charge in [0.1, 0.15) is 10.8 Å². The van der Waals surface area contributed by atoms with Crippen molar-refractivity contribution in [3.63, 3.8) is 0 Å². The summed E-state index contributed by atoms with van der Waals surface area (Å²) in [5, 5.41) is 3.49. The van der Waals surface area contributed by atoms with E-state index in [-0.39, 0.29) is 11.9 Å². The van der Waals surface area contributed by atoms with E-state index in [1.54, 1.807) is 38.3 Å². The smallest absolute Gasteiger partial charge is 0.341 e. The maximum Gasteiger partial charge on any atom is 0.341 e. The van der Waals surface area contributed by atoms with Gasteiger partial charge in [0, 0.05) is 10.4 Å². The Labute approximate surface area is 157 Å². The molecule has 0 bridgehead atoms. The van der Waals surface area contributed by atoms with Crippen LogP contribution >= 0.6 is 11.3 Å². The SMILES string of the molecule is CCOC(=O)c1c(NC(=O)c2cccc(OC)c2)sc2c1CC[C@@H](C)C2. The summed E-state index contributed by atoms with van der Waals surface area (Å²) in [6.45, 7) is 4.30. The first kappa shape index (κ1) is 18.5. The number of nitrogens with one attached hydrogen (secondary N) is 1. The monoisotopic (exact) mass is 373 g/mol. The molecule has 1 heterocycles. The Morgan fingerprint density at radius 3 is 2.88 bits per heavy atom. The van der Waals surface area contributed by atoms with Crippen LogP contribution in [0.5, 0.6) is 5.75 Å². The van der Waals surface area contributed by atoms with E-state index in [1.165, 1.54) is 16.2 Å². The molecule has 138 valence electrons. The van der Waals surface area contributed by atoms with Crippen LogP contribution < -0.4 is 10.1 Å².